The molecule has 2 aromatic rings. The molecule has 0 unspecified atom stereocenters. The lowest BCUT2D eigenvalue weighted by Crippen LogP contribution is -2.00. The molecule has 0 aliphatic heterocycles. The summed E-state index contributed by atoms with van der Waals surface area (Å²) in [5.74, 6) is -0.848. The zero-order valence-corrected chi connectivity index (χ0v) is 7.47. The molecule has 0 aliphatic rings. The number of carboxylic acids is 1. The van der Waals surface area contributed by atoms with Crippen LogP contribution in [-0.4, -0.2) is 27.6 Å². The summed E-state index contributed by atoms with van der Waals surface area (Å²) in [5, 5.41) is 8.84. The predicted octanol–water partition coefficient (Wildman–Crippen LogP) is 1.04. The van der Waals surface area contributed by atoms with E-state index in [9.17, 15) is 4.79 Å². The summed E-state index contributed by atoms with van der Waals surface area (Å²) in [6.45, 7) is 0. The molecule has 2 rings (SSSR count). The van der Waals surface area contributed by atoms with Crippen LogP contribution in [0.1, 0.15) is 10.5 Å². The summed E-state index contributed by atoms with van der Waals surface area (Å²) < 4.78 is 6.57. The number of pyridine rings is 1. The molecule has 0 bridgehead atoms. The molecule has 0 atom stereocenters. The molecular formula is C9H8N2O3. The first-order valence-corrected chi connectivity index (χ1v) is 3.98. The molecule has 0 amide bonds. The minimum Gasteiger partial charge on any atom is -0.480 e. The Morgan fingerprint density at radius 3 is 3.00 bits per heavy atom. The van der Waals surface area contributed by atoms with E-state index >= 15 is 0 Å². The lowest BCUT2D eigenvalue weighted by Gasteiger charge is -1.99. The molecular weight excluding hydrogens is 184 g/mol. The number of rotatable bonds is 2. The monoisotopic (exact) mass is 192 g/mol. The second kappa shape index (κ2) is 3.02. The van der Waals surface area contributed by atoms with Crippen LogP contribution >= 0.6 is 0 Å². The summed E-state index contributed by atoms with van der Waals surface area (Å²) in [5.41, 5.74) is 0.487. The van der Waals surface area contributed by atoms with Crippen LogP contribution in [0, 0.1) is 0 Å². The van der Waals surface area contributed by atoms with Crippen molar-refractivity contribution in [1.29, 1.82) is 0 Å². The highest BCUT2D eigenvalue weighted by Crippen LogP contribution is 2.19. The summed E-state index contributed by atoms with van der Waals surface area (Å²) in [7, 11) is 1.42. The number of imidazole rings is 1. The van der Waals surface area contributed by atoms with E-state index in [1.165, 1.54) is 7.11 Å². The van der Waals surface area contributed by atoms with E-state index in [4.69, 9.17) is 9.84 Å². The Hall–Kier alpha value is -2.04. The molecule has 0 fully saturated rings. The summed E-state index contributed by atoms with van der Waals surface area (Å²) >= 11 is 0. The summed E-state index contributed by atoms with van der Waals surface area (Å²) in [6, 6.07) is 5.28. The van der Waals surface area contributed by atoms with Gasteiger partial charge < -0.3 is 9.84 Å². The Morgan fingerprint density at radius 2 is 2.36 bits per heavy atom. The molecule has 2 heterocycles. The molecule has 14 heavy (non-hydrogen) atoms. The van der Waals surface area contributed by atoms with Gasteiger partial charge in [-0.15, -0.1) is 0 Å². The predicted molar refractivity (Wildman–Crippen MR) is 48.7 cm³/mol. The Morgan fingerprint density at radius 1 is 1.57 bits per heavy atom. The van der Waals surface area contributed by atoms with Gasteiger partial charge >= 0.3 is 5.97 Å². The van der Waals surface area contributed by atoms with Crippen LogP contribution in [-0.2, 0) is 0 Å². The van der Waals surface area contributed by atoms with Gasteiger partial charge in [0.15, 0.2) is 0 Å². The fourth-order valence-electron chi connectivity index (χ4n) is 1.31. The molecule has 5 heteroatoms. The van der Waals surface area contributed by atoms with E-state index < -0.39 is 5.97 Å². The normalized spacial score (nSPS) is 10.4. The van der Waals surface area contributed by atoms with Crippen LogP contribution in [0.15, 0.2) is 24.4 Å². The van der Waals surface area contributed by atoms with Crippen molar-refractivity contribution in [2.45, 2.75) is 0 Å². The highest BCUT2D eigenvalue weighted by molar-refractivity contribution is 5.89. The molecule has 2 aromatic heterocycles. The van der Waals surface area contributed by atoms with E-state index in [1.807, 2.05) is 0 Å². The fraction of sp³-hybridized carbons (Fsp3) is 0.111. The molecule has 0 aliphatic carbocycles. The number of hydrogen-bond acceptors (Lipinski definition) is 3. The maximum atomic E-state index is 10.8. The van der Waals surface area contributed by atoms with Gasteiger partial charge in [-0.2, -0.15) is 0 Å². The van der Waals surface area contributed by atoms with Crippen molar-refractivity contribution < 1.29 is 14.6 Å². The maximum Gasteiger partial charge on any atom is 0.360 e. The lowest BCUT2D eigenvalue weighted by molar-refractivity contribution is 0.0687. The zero-order valence-electron chi connectivity index (χ0n) is 7.47. The summed E-state index contributed by atoms with van der Waals surface area (Å²) in [6.07, 6.45) is 1.70. The van der Waals surface area contributed by atoms with Gasteiger partial charge in [0, 0.05) is 6.20 Å². The Balaban J connectivity index is 2.78. The highest BCUT2D eigenvalue weighted by atomic mass is 16.5. The quantitative estimate of drug-likeness (QED) is 0.772. The number of aromatic nitrogens is 2. The average molecular weight is 192 g/mol. The fourth-order valence-corrected chi connectivity index (χ4v) is 1.31. The highest BCUT2D eigenvalue weighted by Gasteiger charge is 2.18. The Labute approximate surface area is 79.6 Å². The van der Waals surface area contributed by atoms with Crippen molar-refractivity contribution in [3.8, 4) is 5.88 Å². The molecule has 5 nitrogen and oxygen atoms in total. The van der Waals surface area contributed by atoms with Gasteiger partial charge in [0.25, 0.3) is 0 Å². The summed E-state index contributed by atoms with van der Waals surface area (Å²) in [4.78, 5) is 14.7. The van der Waals surface area contributed by atoms with Gasteiger partial charge in [0.05, 0.1) is 7.11 Å². The van der Waals surface area contributed by atoms with Gasteiger partial charge in [-0.1, -0.05) is 6.07 Å². The number of aromatic carboxylic acids is 1. The third kappa shape index (κ3) is 1.10. The first-order chi connectivity index (χ1) is 6.74. The van der Waals surface area contributed by atoms with Gasteiger partial charge in [-0.3, -0.25) is 4.40 Å². The lowest BCUT2D eigenvalue weighted by atomic mass is 10.4. The third-order valence-electron chi connectivity index (χ3n) is 1.88. The SMILES string of the molecule is COc1c(C(=O)O)nc2ccccn12. The van der Waals surface area contributed by atoms with E-state index in [1.54, 1.807) is 28.8 Å². The van der Waals surface area contributed by atoms with Crippen LogP contribution in [0.4, 0.5) is 0 Å². The molecule has 0 saturated carbocycles. The van der Waals surface area contributed by atoms with Crippen LogP contribution in [0.25, 0.3) is 5.65 Å². The average Bonchev–Trinajstić information content (AvgIpc) is 2.56. The Bertz CT molecular complexity index is 490. The van der Waals surface area contributed by atoms with Crippen molar-refractivity contribution >= 4 is 11.6 Å². The number of ether oxygens (including phenoxy) is 1. The first kappa shape index (κ1) is 8.55. The van der Waals surface area contributed by atoms with Crippen molar-refractivity contribution in [1.82, 2.24) is 9.38 Å². The Kier molecular flexibility index (Phi) is 1.85. The number of methoxy groups -OCH3 is 1. The van der Waals surface area contributed by atoms with E-state index in [0.29, 0.717) is 5.65 Å². The van der Waals surface area contributed by atoms with Crippen LogP contribution in [0.5, 0.6) is 5.88 Å². The molecule has 1 N–H and O–H groups in total. The standard InChI is InChI=1S/C9H8N2O3/c1-14-8-7(9(12)13)10-6-4-2-3-5-11(6)8/h2-5H,1H3,(H,12,13). The van der Waals surface area contributed by atoms with Gasteiger partial charge in [0.1, 0.15) is 5.65 Å². The van der Waals surface area contributed by atoms with Crippen molar-refractivity contribution in [2.75, 3.05) is 7.11 Å². The third-order valence-corrected chi connectivity index (χ3v) is 1.88. The zero-order chi connectivity index (χ0) is 10.1. The minimum atomic E-state index is -1.09. The second-order valence-electron chi connectivity index (χ2n) is 2.70. The maximum absolute atomic E-state index is 10.8. The van der Waals surface area contributed by atoms with E-state index in [2.05, 4.69) is 4.98 Å². The van der Waals surface area contributed by atoms with Gasteiger partial charge in [-0.05, 0) is 12.1 Å². The van der Waals surface area contributed by atoms with E-state index in [0.717, 1.165) is 0 Å². The molecule has 0 aromatic carbocycles. The smallest absolute Gasteiger partial charge is 0.360 e. The van der Waals surface area contributed by atoms with Crippen LogP contribution < -0.4 is 4.74 Å². The van der Waals surface area contributed by atoms with Crippen molar-refractivity contribution in [3.05, 3.63) is 30.1 Å². The number of hydrogen-bond donors (Lipinski definition) is 1. The van der Waals surface area contributed by atoms with Crippen LogP contribution in [0.3, 0.4) is 0 Å². The van der Waals surface area contributed by atoms with Gasteiger partial charge in [-0.25, -0.2) is 9.78 Å². The molecule has 0 radical (unpaired) electrons. The topological polar surface area (TPSA) is 63.8 Å². The minimum absolute atomic E-state index is 0.0706. The molecule has 0 saturated heterocycles. The van der Waals surface area contributed by atoms with Crippen LogP contribution in [0.2, 0.25) is 0 Å². The number of carbonyl (C=O) groups is 1. The largest absolute Gasteiger partial charge is 0.480 e. The second-order valence-corrected chi connectivity index (χ2v) is 2.70. The molecule has 72 valence electrons. The number of carboxylic acid groups (broad SMARTS) is 1. The molecule has 0 spiro atoms. The number of nitrogens with zero attached hydrogens (tertiary/aromatic N) is 2. The van der Waals surface area contributed by atoms with Crippen molar-refractivity contribution in [3.63, 3.8) is 0 Å². The van der Waals surface area contributed by atoms with E-state index in [-0.39, 0.29) is 11.6 Å². The van der Waals surface area contributed by atoms with Gasteiger partial charge in [0.2, 0.25) is 11.6 Å². The van der Waals surface area contributed by atoms with Crippen molar-refractivity contribution in [2.24, 2.45) is 0 Å². The number of fused-ring (bicyclic) bond motifs is 1. The first-order valence-electron chi connectivity index (χ1n) is 3.98.